The Hall–Kier alpha value is -2.08. The van der Waals surface area contributed by atoms with Gasteiger partial charge in [-0.05, 0) is 18.4 Å². The molecule has 1 heterocycles. The van der Waals surface area contributed by atoms with Gasteiger partial charge in [-0.2, -0.15) is 0 Å². The Bertz CT molecular complexity index is 458. The van der Waals surface area contributed by atoms with Gasteiger partial charge in [0.2, 0.25) is 0 Å². The molecule has 6 nitrogen and oxygen atoms in total. The summed E-state index contributed by atoms with van der Waals surface area (Å²) in [6, 6.07) is 7.15. The molecule has 0 spiro atoms. The third-order valence-electron chi connectivity index (χ3n) is 3.21. The molecule has 1 unspecified atom stereocenters. The number of ether oxygens (including phenoxy) is 1. The van der Waals surface area contributed by atoms with Crippen molar-refractivity contribution in [2.75, 3.05) is 13.2 Å². The minimum Gasteiger partial charge on any atom is -0.479 e. The van der Waals surface area contributed by atoms with Gasteiger partial charge in [0.05, 0.1) is 0 Å². The lowest BCUT2D eigenvalue weighted by Gasteiger charge is -2.24. The zero-order valence-electron chi connectivity index (χ0n) is 11.0. The fourth-order valence-corrected chi connectivity index (χ4v) is 2.13. The molecular weight excluding hydrogens is 260 g/mol. The maximum atomic E-state index is 11.9. The molecule has 1 aromatic rings. The number of urea groups is 1. The highest BCUT2D eigenvalue weighted by Crippen LogP contribution is 2.13. The summed E-state index contributed by atoms with van der Waals surface area (Å²) in [6.45, 7) is 1.23. The summed E-state index contributed by atoms with van der Waals surface area (Å²) >= 11 is 0. The summed E-state index contributed by atoms with van der Waals surface area (Å²) in [4.78, 5) is 23.1. The van der Waals surface area contributed by atoms with E-state index in [9.17, 15) is 14.7 Å². The maximum Gasteiger partial charge on any atom is 0.330 e. The Kier molecular flexibility index (Phi) is 4.95. The van der Waals surface area contributed by atoms with E-state index < -0.39 is 18.0 Å². The van der Waals surface area contributed by atoms with E-state index in [0.717, 1.165) is 12.8 Å². The first-order chi connectivity index (χ1) is 9.66. The summed E-state index contributed by atoms with van der Waals surface area (Å²) < 4.78 is 5.20. The van der Waals surface area contributed by atoms with Crippen LogP contribution in [0.15, 0.2) is 30.3 Å². The normalized spacial score (nSPS) is 17.2. The summed E-state index contributed by atoms with van der Waals surface area (Å²) in [7, 11) is 0. The second kappa shape index (κ2) is 6.91. The highest BCUT2D eigenvalue weighted by Gasteiger charge is 2.23. The summed E-state index contributed by atoms with van der Waals surface area (Å²) in [5.41, 5.74) is 0.544. The molecule has 0 bridgehead atoms. The lowest BCUT2D eigenvalue weighted by molar-refractivity contribution is -0.139. The smallest absolute Gasteiger partial charge is 0.330 e. The van der Waals surface area contributed by atoms with Crippen LogP contribution >= 0.6 is 0 Å². The lowest BCUT2D eigenvalue weighted by Crippen LogP contribution is -2.46. The molecule has 0 aromatic heterocycles. The molecule has 1 fully saturated rings. The molecule has 1 aromatic carbocycles. The molecule has 1 saturated heterocycles. The third-order valence-corrected chi connectivity index (χ3v) is 3.21. The van der Waals surface area contributed by atoms with Crippen LogP contribution in [0.25, 0.3) is 0 Å². The van der Waals surface area contributed by atoms with Gasteiger partial charge in [0.1, 0.15) is 0 Å². The quantitative estimate of drug-likeness (QED) is 0.774. The SMILES string of the molecule is O=C(NC1CCOCC1)NC(C(=O)O)c1ccccc1. The molecular formula is C14H18N2O4. The van der Waals surface area contributed by atoms with Gasteiger partial charge in [0.25, 0.3) is 0 Å². The molecule has 2 rings (SSSR count). The second-order valence-electron chi connectivity index (χ2n) is 4.69. The Labute approximate surface area is 117 Å². The average molecular weight is 278 g/mol. The molecule has 3 N–H and O–H groups in total. The van der Waals surface area contributed by atoms with Crippen LogP contribution in [0.2, 0.25) is 0 Å². The summed E-state index contributed by atoms with van der Waals surface area (Å²) in [5.74, 6) is -1.08. The molecule has 1 aliphatic heterocycles. The van der Waals surface area contributed by atoms with E-state index in [1.165, 1.54) is 0 Å². The molecule has 0 saturated carbocycles. The van der Waals surface area contributed by atoms with Gasteiger partial charge in [-0.1, -0.05) is 30.3 Å². The zero-order valence-corrected chi connectivity index (χ0v) is 11.0. The van der Waals surface area contributed by atoms with Crippen molar-refractivity contribution in [2.45, 2.75) is 24.9 Å². The van der Waals surface area contributed by atoms with Crippen molar-refractivity contribution in [2.24, 2.45) is 0 Å². The van der Waals surface area contributed by atoms with E-state index in [1.807, 2.05) is 0 Å². The van der Waals surface area contributed by atoms with Crippen LogP contribution in [-0.4, -0.2) is 36.4 Å². The highest BCUT2D eigenvalue weighted by molar-refractivity contribution is 5.83. The number of hydrogen-bond donors (Lipinski definition) is 3. The first-order valence-electron chi connectivity index (χ1n) is 6.59. The number of rotatable bonds is 4. The van der Waals surface area contributed by atoms with Crippen LogP contribution in [0.5, 0.6) is 0 Å². The Morgan fingerprint density at radius 3 is 2.45 bits per heavy atom. The molecule has 6 heteroatoms. The lowest BCUT2D eigenvalue weighted by atomic mass is 10.1. The first kappa shape index (κ1) is 14.3. The number of carbonyl (C=O) groups is 2. The molecule has 20 heavy (non-hydrogen) atoms. The van der Waals surface area contributed by atoms with E-state index in [1.54, 1.807) is 30.3 Å². The van der Waals surface area contributed by atoms with Crippen molar-refractivity contribution >= 4 is 12.0 Å². The molecule has 0 radical (unpaired) electrons. The molecule has 1 atom stereocenters. The number of nitrogens with one attached hydrogen (secondary N) is 2. The fourth-order valence-electron chi connectivity index (χ4n) is 2.13. The minimum absolute atomic E-state index is 0.0361. The van der Waals surface area contributed by atoms with E-state index in [2.05, 4.69) is 10.6 Å². The van der Waals surface area contributed by atoms with Crippen LogP contribution < -0.4 is 10.6 Å². The van der Waals surface area contributed by atoms with Gasteiger partial charge in [-0.15, -0.1) is 0 Å². The van der Waals surface area contributed by atoms with Gasteiger partial charge < -0.3 is 20.5 Å². The van der Waals surface area contributed by atoms with Crippen molar-refractivity contribution < 1.29 is 19.4 Å². The van der Waals surface area contributed by atoms with Crippen LogP contribution in [-0.2, 0) is 9.53 Å². The van der Waals surface area contributed by atoms with E-state index >= 15 is 0 Å². The van der Waals surface area contributed by atoms with E-state index in [-0.39, 0.29) is 6.04 Å². The zero-order chi connectivity index (χ0) is 14.4. The van der Waals surface area contributed by atoms with Crippen molar-refractivity contribution in [3.63, 3.8) is 0 Å². The second-order valence-corrected chi connectivity index (χ2v) is 4.69. The van der Waals surface area contributed by atoms with Crippen molar-refractivity contribution in [1.82, 2.24) is 10.6 Å². The Morgan fingerprint density at radius 1 is 1.20 bits per heavy atom. The van der Waals surface area contributed by atoms with Gasteiger partial charge in [0.15, 0.2) is 6.04 Å². The fraction of sp³-hybridized carbons (Fsp3) is 0.429. The number of hydrogen-bond acceptors (Lipinski definition) is 3. The number of benzene rings is 1. The highest BCUT2D eigenvalue weighted by atomic mass is 16.5. The van der Waals surface area contributed by atoms with Crippen LogP contribution in [0.1, 0.15) is 24.4 Å². The average Bonchev–Trinajstić information content (AvgIpc) is 2.46. The van der Waals surface area contributed by atoms with Gasteiger partial charge in [0, 0.05) is 19.3 Å². The predicted molar refractivity (Wildman–Crippen MR) is 72.3 cm³/mol. The maximum absolute atomic E-state index is 11.9. The van der Waals surface area contributed by atoms with Crippen molar-refractivity contribution in [1.29, 1.82) is 0 Å². The molecule has 2 amide bonds. The monoisotopic (exact) mass is 278 g/mol. The summed E-state index contributed by atoms with van der Waals surface area (Å²) in [5, 5.41) is 14.5. The van der Waals surface area contributed by atoms with Crippen LogP contribution in [0, 0.1) is 0 Å². The summed E-state index contributed by atoms with van der Waals surface area (Å²) in [6.07, 6.45) is 1.49. The standard InChI is InChI=1S/C14H18N2O4/c17-13(18)12(10-4-2-1-3-5-10)16-14(19)15-11-6-8-20-9-7-11/h1-5,11-12H,6-9H2,(H,17,18)(H2,15,16,19). The molecule has 108 valence electrons. The van der Waals surface area contributed by atoms with Crippen molar-refractivity contribution in [3.05, 3.63) is 35.9 Å². The third kappa shape index (κ3) is 3.96. The molecule has 1 aliphatic rings. The van der Waals surface area contributed by atoms with Gasteiger partial charge >= 0.3 is 12.0 Å². The Morgan fingerprint density at radius 2 is 1.85 bits per heavy atom. The van der Waals surface area contributed by atoms with Gasteiger partial charge in [-0.25, -0.2) is 9.59 Å². The van der Waals surface area contributed by atoms with Crippen LogP contribution in [0.3, 0.4) is 0 Å². The van der Waals surface area contributed by atoms with E-state index in [0.29, 0.717) is 18.8 Å². The number of carbonyl (C=O) groups excluding carboxylic acids is 1. The van der Waals surface area contributed by atoms with E-state index in [4.69, 9.17) is 4.74 Å². The topological polar surface area (TPSA) is 87.7 Å². The number of aliphatic carboxylic acids is 1. The number of carboxylic acids is 1. The number of carboxylic acid groups (broad SMARTS) is 1. The van der Waals surface area contributed by atoms with Gasteiger partial charge in [-0.3, -0.25) is 0 Å². The number of amides is 2. The minimum atomic E-state index is -1.08. The van der Waals surface area contributed by atoms with Crippen LogP contribution in [0.4, 0.5) is 4.79 Å². The van der Waals surface area contributed by atoms with Crippen molar-refractivity contribution in [3.8, 4) is 0 Å². The molecule has 0 aliphatic carbocycles. The first-order valence-corrected chi connectivity index (χ1v) is 6.59. The Balaban J connectivity index is 1.94. The predicted octanol–water partition coefficient (Wildman–Crippen LogP) is 1.29. The largest absolute Gasteiger partial charge is 0.479 e.